The predicted octanol–water partition coefficient (Wildman–Crippen LogP) is 4.22. The molecular weight excluding hydrogens is 358 g/mol. The van der Waals surface area contributed by atoms with Gasteiger partial charge in [0.25, 0.3) is 0 Å². The molecule has 1 fully saturated rings. The van der Waals surface area contributed by atoms with Crippen LogP contribution in [0.5, 0.6) is 0 Å². The van der Waals surface area contributed by atoms with Gasteiger partial charge in [0.2, 0.25) is 0 Å². The van der Waals surface area contributed by atoms with Gasteiger partial charge in [-0.15, -0.1) is 0 Å². The van der Waals surface area contributed by atoms with Crippen molar-refractivity contribution in [1.82, 2.24) is 14.7 Å². The number of aryl methyl sites for hydroxylation is 1. The lowest BCUT2D eigenvalue weighted by molar-refractivity contribution is 0.150. The summed E-state index contributed by atoms with van der Waals surface area (Å²) >= 11 is 1.90. The van der Waals surface area contributed by atoms with E-state index < -0.39 is 0 Å². The number of likely N-dealkylation sites (tertiary alicyclic amines) is 1. The second-order valence-electron chi connectivity index (χ2n) is 7.13. The first kappa shape index (κ1) is 19.8. The van der Waals surface area contributed by atoms with Crippen molar-refractivity contribution in [2.75, 3.05) is 35.7 Å². The van der Waals surface area contributed by atoms with Crippen molar-refractivity contribution in [2.45, 2.75) is 38.8 Å². The van der Waals surface area contributed by atoms with Gasteiger partial charge in [0.1, 0.15) is 5.82 Å². The minimum atomic E-state index is -0.239. The smallest absolute Gasteiger partial charge is 0.307 e. The van der Waals surface area contributed by atoms with Crippen LogP contribution in [0, 0.1) is 6.92 Å². The summed E-state index contributed by atoms with van der Waals surface area (Å²) in [4.78, 5) is 15.0. The Bertz CT molecular complexity index is 754. The fourth-order valence-electron chi connectivity index (χ4n) is 3.61. The Kier molecular flexibility index (Phi) is 6.79. The number of carbonyl (C=O) groups is 1. The first-order chi connectivity index (χ1) is 13.1. The van der Waals surface area contributed by atoms with Gasteiger partial charge in [-0.25, -0.2) is 9.48 Å². The zero-order chi connectivity index (χ0) is 19.2. The van der Waals surface area contributed by atoms with Crippen LogP contribution in [0.1, 0.15) is 31.4 Å². The molecule has 1 aliphatic heterocycles. The predicted molar refractivity (Wildman–Crippen MR) is 114 cm³/mol. The lowest BCUT2D eigenvalue weighted by atomic mass is 10.0. The molecule has 27 heavy (non-hydrogen) atoms. The van der Waals surface area contributed by atoms with Gasteiger partial charge < -0.3 is 5.32 Å². The van der Waals surface area contributed by atoms with E-state index in [0.717, 1.165) is 48.8 Å². The van der Waals surface area contributed by atoms with E-state index in [4.69, 9.17) is 0 Å². The molecule has 1 atom stereocenters. The maximum atomic E-state index is 12.4. The van der Waals surface area contributed by atoms with Crippen molar-refractivity contribution >= 4 is 29.3 Å². The second-order valence-corrected chi connectivity index (χ2v) is 8.04. The summed E-state index contributed by atoms with van der Waals surface area (Å²) in [5, 5.41) is 10.3. The van der Waals surface area contributed by atoms with Crippen molar-refractivity contribution in [3.63, 3.8) is 0 Å². The molecule has 1 unspecified atom stereocenters. The van der Waals surface area contributed by atoms with E-state index in [9.17, 15) is 4.79 Å². The zero-order valence-corrected chi connectivity index (χ0v) is 17.1. The molecule has 0 saturated carbocycles. The van der Waals surface area contributed by atoms with E-state index in [1.54, 1.807) is 6.20 Å². The van der Waals surface area contributed by atoms with Gasteiger partial charge in [0.05, 0.1) is 12.2 Å². The van der Waals surface area contributed by atoms with Gasteiger partial charge in [-0.2, -0.15) is 16.9 Å². The molecule has 146 valence electrons. The highest BCUT2D eigenvalue weighted by molar-refractivity contribution is 7.98. The molecule has 6 nitrogen and oxygen atoms in total. The van der Waals surface area contributed by atoms with Crippen LogP contribution in [0.3, 0.4) is 0 Å². The number of anilines is 2. The summed E-state index contributed by atoms with van der Waals surface area (Å²) in [5.74, 6) is 1.91. The van der Waals surface area contributed by atoms with E-state index in [1.807, 2.05) is 53.7 Å². The average Bonchev–Trinajstić information content (AvgIpc) is 3.12. The van der Waals surface area contributed by atoms with Crippen molar-refractivity contribution in [3.05, 3.63) is 42.1 Å². The number of urea groups is 1. The highest BCUT2D eigenvalue weighted by Gasteiger charge is 2.25. The molecule has 3 rings (SSSR count). The van der Waals surface area contributed by atoms with E-state index in [0.29, 0.717) is 12.1 Å². The summed E-state index contributed by atoms with van der Waals surface area (Å²) in [6.07, 6.45) is 6.02. The number of aromatic nitrogens is 2. The lowest BCUT2D eigenvalue weighted by Crippen LogP contribution is -2.41. The molecule has 0 radical (unpaired) electrons. The third-order valence-electron chi connectivity index (χ3n) is 5.18. The van der Waals surface area contributed by atoms with Crippen molar-refractivity contribution in [2.24, 2.45) is 0 Å². The number of benzene rings is 1. The molecule has 2 aromatic rings. The summed E-state index contributed by atoms with van der Waals surface area (Å²) in [5.41, 5.74) is 1.85. The number of rotatable bonds is 6. The number of piperidine rings is 1. The van der Waals surface area contributed by atoms with Gasteiger partial charge in [0, 0.05) is 36.6 Å². The van der Waals surface area contributed by atoms with E-state index in [1.165, 1.54) is 0 Å². The Balaban J connectivity index is 1.58. The van der Waals surface area contributed by atoms with Crippen molar-refractivity contribution in [1.29, 1.82) is 0 Å². The summed E-state index contributed by atoms with van der Waals surface area (Å²) in [7, 11) is 0. The molecule has 1 saturated heterocycles. The van der Waals surface area contributed by atoms with Crippen LogP contribution >= 0.6 is 11.8 Å². The van der Waals surface area contributed by atoms with Gasteiger partial charge in [-0.1, -0.05) is 18.2 Å². The first-order valence-electron chi connectivity index (χ1n) is 9.48. The normalized spacial score (nSPS) is 16.9. The Morgan fingerprint density at radius 2 is 2.00 bits per heavy atom. The molecule has 2 N–H and O–H groups in total. The lowest BCUT2D eigenvalue weighted by Gasteiger charge is -2.36. The molecule has 0 spiro atoms. The van der Waals surface area contributed by atoms with Crippen molar-refractivity contribution < 1.29 is 4.79 Å². The monoisotopic (exact) mass is 387 g/mol. The molecule has 2 amide bonds. The largest absolute Gasteiger partial charge is 0.324 e. The SMILES string of the molecule is CSCC(C)N1CCC(n2nccc2NC(=O)Nc2ccccc2C)CC1. The Morgan fingerprint density at radius 3 is 2.70 bits per heavy atom. The third kappa shape index (κ3) is 5.05. The standard InChI is InChI=1S/C20H29N5OS/c1-15-6-4-5-7-18(15)22-20(26)23-19-8-11-21-25(19)17-9-12-24(13-10-17)16(2)14-27-3/h4-8,11,16-17H,9-10,12-14H2,1-3H3,(H2,22,23,26). The molecule has 0 bridgehead atoms. The molecule has 1 aromatic carbocycles. The van der Waals surface area contributed by atoms with Crippen LogP contribution in [0.2, 0.25) is 0 Å². The van der Waals surface area contributed by atoms with Gasteiger partial charge in [-0.3, -0.25) is 10.2 Å². The van der Waals surface area contributed by atoms with Crippen molar-refractivity contribution in [3.8, 4) is 0 Å². The molecule has 1 aromatic heterocycles. The van der Waals surface area contributed by atoms with Crippen LogP contribution < -0.4 is 10.6 Å². The number of nitrogens with zero attached hydrogens (tertiary/aromatic N) is 3. The first-order valence-corrected chi connectivity index (χ1v) is 10.9. The van der Waals surface area contributed by atoms with Gasteiger partial charge in [-0.05, 0) is 44.6 Å². The summed E-state index contributed by atoms with van der Waals surface area (Å²) in [6, 6.07) is 10.3. The third-order valence-corrected chi connectivity index (χ3v) is 6.00. The fourth-order valence-corrected chi connectivity index (χ4v) is 4.30. The number of nitrogens with one attached hydrogen (secondary N) is 2. The second kappa shape index (κ2) is 9.28. The maximum absolute atomic E-state index is 12.4. The van der Waals surface area contributed by atoms with Gasteiger partial charge in [0.15, 0.2) is 0 Å². The summed E-state index contributed by atoms with van der Waals surface area (Å²) in [6.45, 7) is 6.42. The average molecular weight is 388 g/mol. The Labute approximate surface area is 165 Å². The highest BCUT2D eigenvalue weighted by atomic mass is 32.2. The number of thioether (sulfide) groups is 1. The molecule has 7 heteroatoms. The summed E-state index contributed by atoms with van der Waals surface area (Å²) < 4.78 is 1.97. The molecular formula is C20H29N5OS. The number of hydrogen-bond donors (Lipinski definition) is 2. The number of para-hydroxylation sites is 1. The zero-order valence-electron chi connectivity index (χ0n) is 16.3. The Hall–Kier alpha value is -1.99. The quantitative estimate of drug-likeness (QED) is 0.779. The highest BCUT2D eigenvalue weighted by Crippen LogP contribution is 2.27. The molecule has 1 aliphatic rings. The molecule has 0 aliphatic carbocycles. The number of carbonyl (C=O) groups excluding carboxylic acids is 1. The van der Waals surface area contributed by atoms with Crippen LogP contribution in [0.4, 0.5) is 16.3 Å². The van der Waals surface area contributed by atoms with E-state index in [-0.39, 0.29) is 6.03 Å². The van der Waals surface area contributed by atoms with Gasteiger partial charge >= 0.3 is 6.03 Å². The topological polar surface area (TPSA) is 62.2 Å². The molecule has 2 heterocycles. The Morgan fingerprint density at radius 1 is 1.26 bits per heavy atom. The van der Waals surface area contributed by atoms with E-state index >= 15 is 0 Å². The minimum Gasteiger partial charge on any atom is -0.307 e. The van der Waals surface area contributed by atoms with E-state index in [2.05, 4.69) is 33.8 Å². The van der Waals surface area contributed by atoms with Crippen LogP contribution in [-0.2, 0) is 0 Å². The maximum Gasteiger partial charge on any atom is 0.324 e. The fraction of sp³-hybridized carbons (Fsp3) is 0.500. The minimum absolute atomic E-state index is 0.239. The number of hydrogen-bond acceptors (Lipinski definition) is 4. The van der Waals surface area contributed by atoms with Crippen LogP contribution in [0.15, 0.2) is 36.5 Å². The van der Waals surface area contributed by atoms with Crippen LogP contribution in [0.25, 0.3) is 0 Å². The van der Waals surface area contributed by atoms with Crippen LogP contribution in [-0.4, -0.2) is 51.9 Å². The number of amides is 2.